The van der Waals surface area contributed by atoms with E-state index in [4.69, 9.17) is 6.42 Å². The standard InChI is InChI=1S/C13H20N2/c1-6-10(3)14-9-13-8-11(4)15(7-2)12(13)5/h1,8,10,14H,7,9H2,2-5H3. The molecule has 1 heterocycles. The van der Waals surface area contributed by atoms with Crippen LogP contribution in [-0.4, -0.2) is 10.6 Å². The summed E-state index contributed by atoms with van der Waals surface area (Å²) in [7, 11) is 0. The maximum absolute atomic E-state index is 5.32. The molecule has 0 saturated heterocycles. The number of nitrogens with one attached hydrogen (secondary N) is 1. The lowest BCUT2D eigenvalue weighted by Crippen LogP contribution is -2.23. The molecule has 82 valence electrons. The van der Waals surface area contributed by atoms with E-state index < -0.39 is 0 Å². The van der Waals surface area contributed by atoms with E-state index in [0.29, 0.717) is 0 Å². The first-order chi connectivity index (χ1) is 7.10. The van der Waals surface area contributed by atoms with Crippen molar-refractivity contribution in [2.45, 2.75) is 46.8 Å². The summed E-state index contributed by atoms with van der Waals surface area (Å²) in [5, 5.41) is 3.30. The second kappa shape index (κ2) is 5.04. The molecule has 0 aliphatic heterocycles. The highest BCUT2D eigenvalue weighted by molar-refractivity contribution is 5.26. The van der Waals surface area contributed by atoms with Crippen molar-refractivity contribution >= 4 is 0 Å². The molecular formula is C13H20N2. The van der Waals surface area contributed by atoms with Crippen molar-refractivity contribution in [3.05, 3.63) is 23.0 Å². The zero-order valence-electron chi connectivity index (χ0n) is 10.1. The van der Waals surface area contributed by atoms with Gasteiger partial charge in [0.25, 0.3) is 0 Å². The number of rotatable bonds is 4. The van der Waals surface area contributed by atoms with Gasteiger partial charge in [-0.25, -0.2) is 0 Å². The summed E-state index contributed by atoms with van der Waals surface area (Å²) in [6, 6.07) is 2.37. The minimum absolute atomic E-state index is 0.134. The van der Waals surface area contributed by atoms with E-state index in [0.717, 1.165) is 13.1 Å². The van der Waals surface area contributed by atoms with Gasteiger partial charge in [-0.3, -0.25) is 5.32 Å². The zero-order valence-corrected chi connectivity index (χ0v) is 10.1. The van der Waals surface area contributed by atoms with Crippen LogP contribution in [0.1, 0.15) is 30.8 Å². The fourth-order valence-corrected chi connectivity index (χ4v) is 1.86. The Morgan fingerprint density at radius 3 is 2.67 bits per heavy atom. The topological polar surface area (TPSA) is 17.0 Å². The monoisotopic (exact) mass is 204 g/mol. The lowest BCUT2D eigenvalue weighted by Gasteiger charge is -2.08. The minimum Gasteiger partial charge on any atom is -0.349 e. The van der Waals surface area contributed by atoms with Crippen LogP contribution in [0.3, 0.4) is 0 Å². The molecule has 2 heteroatoms. The lowest BCUT2D eigenvalue weighted by molar-refractivity contribution is 0.640. The van der Waals surface area contributed by atoms with E-state index in [-0.39, 0.29) is 6.04 Å². The van der Waals surface area contributed by atoms with Crippen molar-refractivity contribution in [3.8, 4) is 12.3 Å². The fraction of sp³-hybridized carbons (Fsp3) is 0.538. The van der Waals surface area contributed by atoms with Gasteiger partial charge in [0.1, 0.15) is 0 Å². The molecule has 0 aliphatic carbocycles. The molecule has 1 rings (SSSR count). The zero-order chi connectivity index (χ0) is 11.4. The van der Waals surface area contributed by atoms with E-state index >= 15 is 0 Å². The van der Waals surface area contributed by atoms with Gasteiger partial charge in [0, 0.05) is 24.5 Å². The Labute approximate surface area is 92.7 Å². The summed E-state index contributed by atoms with van der Waals surface area (Å²) in [5.74, 6) is 2.67. The van der Waals surface area contributed by atoms with Crippen molar-refractivity contribution < 1.29 is 0 Å². The fourth-order valence-electron chi connectivity index (χ4n) is 1.86. The second-order valence-corrected chi connectivity index (χ2v) is 3.91. The van der Waals surface area contributed by atoms with Crippen LogP contribution in [0.2, 0.25) is 0 Å². The molecule has 0 fully saturated rings. The van der Waals surface area contributed by atoms with Gasteiger partial charge in [-0.1, -0.05) is 5.92 Å². The maximum Gasteiger partial charge on any atom is 0.0660 e. The largest absolute Gasteiger partial charge is 0.349 e. The van der Waals surface area contributed by atoms with Crippen LogP contribution in [0, 0.1) is 26.2 Å². The maximum atomic E-state index is 5.32. The number of terminal acetylenes is 1. The lowest BCUT2D eigenvalue weighted by atomic mass is 10.2. The average Bonchev–Trinajstić information content (AvgIpc) is 2.50. The molecular weight excluding hydrogens is 184 g/mol. The Hall–Kier alpha value is -1.20. The number of hydrogen-bond acceptors (Lipinski definition) is 1. The normalized spacial score (nSPS) is 12.5. The Bertz CT molecular complexity index is 369. The third-order valence-electron chi connectivity index (χ3n) is 2.84. The third-order valence-corrected chi connectivity index (χ3v) is 2.84. The van der Waals surface area contributed by atoms with E-state index in [2.05, 4.69) is 42.6 Å². The molecule has 0 aliphatic rings. The Morgan fingerprint density at radius 2 is 2.20 bits per heavy atom. The number of hydrogen-bond donors (Lipinski definition) is 1. The predicted octanol–water partition coefficient (Wildman–Crippen LogP) is 2.24. The minimum atomic E-state index is 0.134. The number of aryl methyl sites for hydroxylation is 1. The molecule has 1 unspecified atom stereocenters. The smallest absolute Gasteiger partial charge is 0.0660 e. The van der Waals surface area contributed by atoms with Crippen molar-refractivity contribution in [2.75, 3.05) is 0 Å². The Balaban J connectivity index is 2.75. The van der Waals surface area contributed by atoms with Crippen molar-refractivity contribution in [2.24, 2.45) is 0 Å². The Kier molecular flexibility index (Phi) is 3.99. The molecule has 1 aromatic rings. The summed E-state index contributed by atoms with van der Waals surface area (Å²) >= 11 is 0. The van der Waals surface area contributed by atoms with Gasteiger partial charge >= 0.3 is 0 Å². The highest BCUT2D eigenvalue weighted by Gasteiger charge is 2.07. The SMILES string of the molecule is C#CC(C)NCc1cc(C)n(CC)c1C. The van der Waals surface area contributed by atoms with Crippen LogP contribution in [0.15, 0.2) is 6.07 Å². The van der Waals surface area contributed by atoms with Crippen LogP contribution >= 0.6 is 0 Å². The van der Waals surface area contributed by atoms with Gasteiger partial charge in [-0.05, 0) is 39.3 Å². The van der Waals surface area contributed by atoms with Gasteiger partial charge in [-0.15, -0.1) is 6.42 Å². The highest BCUT2D eigenvalue weighted by atomic mass is 15.0. The van der Waals surface area contributed by atoms with Gasteiger partial charge in [0.2, 0.25) is 0 Å². The molecule has 0 saturated carbocycles. The molecule has 0 radical (unpaired) electrons. The summed E-state index contributed by atoms with van der Waals surface area (Å²) in [4.78, 5) is 0. The van der Waals surface area contributed by atoms with Crippen LogP contribution in [0.4, 0.5) is 0 Å². The summed E-state index contributed by atoms with van der Waals surface area (Å²) in [6.07, 6.45) is 5.32. The summed E-state index contributed by atoms with van der Waals surface area (Å²) in [5.41, 5.74) is 4.00. The first-order valence-electron chi connectivity index (χ1n) is 5.45. The quantitative estimate of drug-likeness (QED) is 0.744. The van der Waals surface area contributed by atoms with Crippen LogP contribution in [-0.2, 0) is 13.1 Å². The summed E-state index contributed by atoms with van der Waals surface area (Å²) in [6.45, 7) is 10.4. The van der Waals surface area contributed by atoms with Crippen molar-refractivity contribution in [3.63, 3.8) is 0 Å². The molecule has 2 nitrogen and oxygen atoms in total. The molecule has 0 bridgehead atoms. The predicted molar refractivity (Wildman–Crippen MR) is 64.7 cm³/mol. The van der Waals surface area contributed by atoms with Gasteiger partial charge in [0.05, 0.1) is 6.04 Å². The first kappa shape index (κ1) is 11.9. The summed E-state index contributed by atoms with van der Waals surface area (Å²) < 4.78 is 2.32. The molecule has 1 aromatic heterocycles. The van der Waals surface area contributed by atoms with Crippen molar-refractivity contribution in [1.29, 1.82) is 0 Å². The molecule has 0 aromatic carbocycles. The molecule has 0 amide bonds. The third kappa shape index (κ3) is 2.64. The molecule has 1 atom stereocenters. The van der Waals surface area contributed by atoms with E-state index in [1.807, 2.05) is 6.92 Å². The number of nitrogens with zero attached hydrogens (tertiary/aromatic N) is 1. The average molecular weight is 204 g/mol. The Morgan fingerprint density at radius 1 is 1.53 bits per heavy atom. The molecule has 15 heavy (non-hydrogen) atoms. The molecule has 1 N–H and O–H groups in total. The van der Waals surface area contributed by atoms with Gasteiger partial charge in [0.15, 0.2) is 0 Å². The van der Waals surface area contributed by atoms with Gasteiger partial charge in [-0.2, -0.15) is 0 Å². The first-order valence-corrected chi connectivity index (χ1v) is 5.45. The molecule has 0 spiro atoms. The van der Waals surface area contributed by atoms with Crippen LogP contribution in [0.25, 0.3) is 0 Å². The highest BCUT2D eigenvalue weighted by Crippen LogP contribution is 2.14. The van der Waals surface area contributed by atoms with E-state index in [9.17, 15) is 0 Å². The van der Waals surface area contributed by atoms with Crippen molar-refractivity contribution in [1.82, 2.24) is 9.88 Å². The van der Waals surface area contributed by atoms with Crippen LogP contribution < -0.4 is 5.32 Å². The van der Waals surface area contributed by atoms with Gasteiger partial charge < -0.3 is 4.57 Å². The number of aromatic nitrogens is 1. The van der Waals surface area contributed by atoms with Crippen LogP contribution in [0.5, 0.6) is 0 Å². The van der Waals surface area contributed by atoms with E-state index in [1.165, 1.54) is 17.0 Å². The second-order valence-electron chi connectivity index (χ2n) is 3.91. The van der Waals surface area contributed by atoms with E-state index in [1.54, 1.807) is 0 Å².